The molecule has 0 amide bonds. The van der Waals surface area contributed by atoms with Gasteiger partial charge in [0.05, 0.1) is 12.2 Å². The number of hydrogen-bond acceptors (Lipinski definition) is 3. The molecule has 17 heavy (non-hydrogen) atoms. The summed E-state index contributed by atoms with van der Waals surface area (Å²) in [5.41, 5.74) is 1.03. The Morgan fingerprint density at radius 2 is 2.18 bits per heavy atom. The van der Waals surface area contributed by atoms with Crippen molar-refractivity contribution in [2.75, 3.05) is 11.4 Å². The Hall–Kier alpha value is -0.870. The van der Waals surface area contributed by atoms with Gasteiger partial charge < -0.3 is 4.90 Å². The molecule has 0 unspecified atom stereocenters. The van der Waals surface area contributed by atoms with Gasteiger partial charge in [0.2, 0.25) is 0 Å². The van der Waals surface area contributed by atoms with Crippen LogP contribution in [0.1, 0.15) is 17.5 Å². The zero-order chi connectivity index (χ0) is 12.3. The van der Waals surface area contributed by atoms with Crippen LogP contribution in [0.15, 0.2) is 34.1 Å². The molecule has 0 aliphatic rings. The van der Waals surface area contributed by atoms with E-state index < -0.39 is 0 Å². The lowest BCUT2D eigenvalue weighted by atomic mass is 10.3. The van der Waals surface area contributed by atoms with Crippen LogP contribution >= 0.6 is 27.3 Å². The van der Waals surface area contributed by atoms with Crippen molar-refractivity contribution in [1.82, 2.24) is 4.98 Å². The summed E-state index contributed by atoms with van der Waals surface area (Å²) in [5.74, 6) is 1.04. The number of anilines is 1. The topological polar surface area (TPSA) is 16.1 Å². The standard InChI is InChI=1S/C13H15BrN2S/c1-3-16(9-11-5-4-8-17-11)13-7-6-12(14)10(2)15-13/h4-8H,3,9H2,1-2H3. The number of aromatic nitrogens is 1. The summed E-state index contributed by atoms with van der Waals surface area (Å²) in [6.45, 7) is 6.08. The summed E-state index contributed by atoms with van der Waals surface area (Å²) in [7, 11) is 0. The van der Waals surface area contributed by atoms with E-state index in [-0.39, 0.29) is 0 Å². The fourth-order valence-electron chi connectivity index (χ4n) is 1.65. The fraction of sp³-hybridized carbons (Fsp3) is 0.308. The summed E-state index contributed by atoms with van der Waals surface area (Å²) < 4.78 is 1.06. The van der Waals surface area contributed by atoms with Gasteiger partial charge in [0.15, 0.2) is 0 Å². The molecule has 0 aliphatic heterocycles. The molecule has 0 saturated carbocycles. The molecule has 4 heteroatoms. The molecule has 2 aromatic rings. The maximum atomic E-state index is 4.61. The number of hydrogen-bond donors (Lipinski definition) is 0. The molecule has 2 aromatic heterocycles. The first-order chi connectivity index (χ1) is 8.20. The molecule has 0 aliphatic carbocycles. The molecule has 0 spiro atoms. The second-order valence-corrected chi connectivity index (χ2v) is 5.72. The van der Waals surface area contributed by atoms with Crippen LogP contribution in [0, 0.1) is 6.92 Å². The van der Waals surface area contributed by atoms with Crippen molar-refractivity contribution < 1.29 is 0 Å². The summed E-state index contributed by atoms with van der Waals surface area (Å²) in [4.78, 5) is 8.26. The van der Waals surface area contributed by atoms with Crippen molar-refractivity contribution in [3.8, 4) is 0 Å². The highest BCUT2D eigenvalue weighted by molar-refractivity contribution is 9.10. The van der Waals surface area contributed by atoms with Gasteiger partial charge >= 0.3 is 0 Å². The first kappa shape index (κ1) is 12.6. The number of aryl methyl sites for hydroxylation is 1. The molecule has 2 rings (SSSR count). The Bertz CT molecular complexity index is 482. The maximum Gasteiger partial charge on any atom is 0.129 e. The third-order valence-corrected chi connectivity index (χ3v) is 4.34. The average Bonchev–Trinajstić information content (AvgIpc) is 2.82. The van der Waals surface area contributed by atoms with Crippen LogP contribution in [0.25, 0.3) is 0 Å². The Morgan fingerprint density at radius 3 is 2.76 bits per heavy atom. The SMILES string of the molecule is CCN(Cc1cccs1)c1ccc(Br)c(C)n1. The average molecular weight is 311 g/mol. The number of pyridine rings is 1. The highest BCUT2D eigenvalue weighted by Crippen LogP contribution is 2.21. The minimum absolute atomic E-state index is 0.933. The lowest BCUT2D eigenvalue weighted by Crippen LogP contribution is -2.22. The Kier molecular flexibility index (Phi) is 4.18. The highest BCUT2D eigenvalue weighted by Gasteiger charge is 2.08. The van der Waals surface area contributed by atoms with E-state index in [1.807, 2.05) is 6.92 Å². The summed E-state index contributed by atoms with van der Waals surface area (Å²) in [5, 5.41) is 2.11. The first-order valence-electron chi connectivity index (χ1n) is 5.61. The third kappa shape index (κ3) is 3.07. The zero-order valence-corrected chi connectivity index (χ0v) is 12.4. The van der Waals surface area contributed by atoms with E-state index in [0.29, 0.717) is 0 Å². The molecular formula is C13H15BrN2S. The van der Waals surface area contributed by atoms with Gasteiger partial charge in [0, 0.05) is 15.9 Å². The maximum absolute atomic E-state index is 4.61. The molecule has 0 N–H and O–H groups in total. The molecule has 0 radical (unpaired) electrons. The van der Waals surface area contributed by atoms with Gasteiger partial charge in [-0.1, -0.05) is 6.07 Å². The van der Waals surface area contributed by atoms with Gasteiger partial charge in [-0.3, -0.25) is 0 Å². The van der Waals surface area contributed by atoms with Crippen molar-refractivity contribution >= 4 is 33.1 Å². The normalized spacial score (nSPS) is 10.5. The van der Waals surface area contributed by atoms with Crippen molar-refractivity contribution in [3.63, 3.8) is 0 Å². The van der Waals surface area contributed by atoms with Gasteiger partial charge in [-0.25, -0.2) is 4.98 Å². The van der Waals surface area contributed by atoms with E-state index >= 15 is 0 Å². The second-order valence-electron chi connectivity index (χ2n) is 3.83. The molecule has 2 heterocycles. The van der Waals surface area contributed by atoms with Crippen molar-refractivity contribution in [1.29, 1.82) is 0 Å². The molecular weight excluding hydrogens is 296 g/mol. The van der Waals surface area contributed by atoms with Crippen LogP contribution in [-0.2, 0) is 6.54 Å². The molecule has 2 nitrogen and oxygen atoms in total. The van der Waals surface area contributed by atoms with Gasteiger partial charge in [-0.2, -0.15) is 0 Å². The van der Waals surface area contributed by atoms with Gasteiger partial charge in [-0.05, 0) is 53.4 Å². The van der Waals surface area contributed by atoms with E-state index in [2.05, 4.69) is 62.4 Å². The van der Waals surface area contributed by atoms with E-state index in [1.165, 1.54) is 4.88 Å². The molecule has 0 fully saturated rings. The quantitative estimate of drug-likeness (QED) is 0.839. The Labute approximate surface area is 114 Å². The predicted molar refractivity (Wildman–Crippen MR) is 77.7 cm³/mol. The molecule has 0 bridgehead atoms. The number of thiophene rings is 1. The molecule has 0 aromatic carbocycles. The van der Waals surface area contributed by atoms with E-state index in [0.717, 1.165) is 29.1 Å². The minimum atomic E-state index is 0.933. The molecule has 90 valence electrons. The number of halogens is 1. The van der Waals surface area contributed by atoms with Crippen LogP contribution in [-0.4, -0.2) is 11.5 Å². The predicted octanol–water partition coefficient (Wildman–Crippen LogP) is 4.24. The van der Waals surface area contributed by atoms with Gasteiger partial charge in [0.1, 0.15) is 5.82 Å². The van der Waals surface area contributed by atoms with Crippen LogP contribution in [0.2, 0.25) is 0 Å². The first-order valence-corrected chi connectivity index (χ1v) is 7.28. The number of nitrogens with zero attached hydrogens (tertiary/aromatic N) is 2. The lowest BCUT2D eigenvalue weighted by Gasteiger charge is -2.21. The van der Waals surface area contributed by atoms with Crippen molar-refractivity contribution in [2.24, 2.45) is 0 Å². The summed E-state index contributed by atoms with van der Waals surface area (Å²) in [6, 6.07) is 8.38. The Morgan fingerprint density at radius 1 is 1.35 bits per heavy atom. The monoisotopic (exact) mass is 310 g/mol. The lowest BCUT2D eigenvalue weighted by molar-refractivity contribution is 0.819. The van der Waals surface area contributed by atoms with E-state index in [4.69, 9.17) is 0 Å². The second kappa shape index (κ2) is 5.65. The minimum Gasteiger partial charge on any atom is -0.352 e. The molecule has 0 atom stereocenters. The van der Waals surface area contributed by atoms with E-state index in [1.54, 1.807) is 11.3 Å². The summed E-state index contributed by atoms with van der Waals surface area (Å²) in [6.07, 6.45) is 0. The van der Waals surface area contributed by atoms with Crippen LogP contribution in [0.3, 0.4) is 0 Å². The van der Waals surface area contributed by atoms with Gasteiger partial charge in [0.25, 0.3) is 0 Å². The van der Waals surface area contributed by atoms with Crippen molar-refractivity contribution in [2.45, 2.75) is 20.4 Å². The fourth-order valence-corrected chi connectivity index (χ4v) is 2.59. The third-order valence-electron chi connectivity index (χ3n) is 2.64. The van der Waals surface area contributed by atoms with Crippen molar-refractivity contribution in [3.05, 3.63) is 44.7 Å². The van der Waals surface area contributed by atoms with Crippen LogP contribution in [0.4, 0.5) is 5.82 Å². The number of rotatable bonds is 4. The largest absolute Gasteiger partial charge is 0.352 e. The van der Waals surface area contributed by atoms with Crippen LogP contribution < -0.4 is 4.90 Å². The van der Waals surface area contributed by atoms with E-state index in [9.17, 15) is 0 Å². The Balaban J connectivity index is 2.20. The van der Waals surface area contributed by atoms with Crippen LogP contribution in [0.5, 0.6) is 0 Å². The zero-order valence-electron chi connectivity index (χ0n) is 9.98. The molecule has 0 saturated heterocycles. The van der Waals surface area contributed by atoms with Gasteiger partial charge in [-0.15, -0.1) is 11.3 Å². The summed E-state index contributed by atoms with van der Waals surface area (Å²) >= 11 is 5.27. The highest BCUT2D eigenvalue weighted by atomic mass is 79.9. The smallest absolute Gasteiger partial charge is 0.129 e.